The molecule has 0 bridgehead atoms. The number of nitrogens with zero attached hydrogens (tertiary/aromatic N) is 2. The Bertz CT molecular complexity index is 1040. The van der Waals surface area contributed by atoms with Crippen LogP contribution in [0.3, 0.4) is 0 Å². The fourth-order valence-electron chi connectivity index (χ4n) is 2.86. The summed E-state index contributed by atoms with van der Waals surface area (Å²) < 4.78 is 2.14. The number of phenolic OH excluding ortho intramolecular Hbond substituents is 1. The van der Waals surface area contributed by atoms with Crippen molar-refractivity contribution in [3.63, 3.8) is 0 Å². The maximum Gasteiger partial charge on any atom is 0.356 e. The lowest BCUT2D eigenvalue weighted by molar-refractivity contribution is 0.469. The van der Waals surface area contributed by atoms with E-state index in [1.807, 2.05) is 26.0 Å². The topological polar surface area (TPSA) is 80.0 Å². The Balaban J connectivity index is 2.14. The summed E-state index contributed by atoms with van der Waals surface area (Å²) >= 11 is 0. The second-order valence-electron chi connectivity index (χ2n) is 7.02. The normalized spacial score (nSPS) is 11.5. The fraction of sp³-hybridized carbons (Fsp3) is 0.300. The molecule has 0 fully saturated rings. The summed E-state index contributed by atoms with van der Waals surface area (Å²) in [6.45, 7) is 8.19. The van der Waals surface area contributed by atoms with Gasteiger partial charge < -0.3 is 5.11 Å². The van der Waals surface area contributed by atoms with E-state index in [0.29, 0.717) is 11.6 Å². The smallest absolute Gasteiger partial charge is 0.356 e. The molecule has 0 saturated heterocycles. The Kier molecular flexibility index (Phi) is 4.59. The Morgan fingerprint density at radius 2 is 1.46 bits per heavy atom. The summed E-state index contributed by atoms with van der Waals surface area (Å²) in [5, 5.41) is 12.7. The average Bonchev–Trinajstić information content (AvgIpc) is 2.89. The molecule has 0 spiro atoms. The van der Waals surface area contributed by atoms with Crippen molar-refractivity contribution in [2.24, 2.45) is 0 Å². The minimum atomic E-state index is -0.554. The highest BCUT2D eigenvalue weighted by atomic mass is 16.3. The van der Waals surface area contributed by atoms with Crippen molar-refractivity contribution in [1.82, 2.24) is 14.3 Å². The first kappa shape index (κ1) is 17.8. The highest BCUT2D eigenvalue weighted by molar-refractivity contribution is 5.48. The maximum absolute atomic E-state index is 12.8. The van der Waals surface area contributed by atoms with Crippen molar-refractivity contribution in [2.75, 3.05) is 0 Å². The fourth-order valence-corrected chi connectivity index (χ4v) is 2.86. The first-order valence-electron chi connectivity index (χ1n) is 8.67. The monoisotopic (exact) mass is 353 g/mol. The Hall–Kier alpha value is -3.02. The average molecular weight is 353 g/mol. The Morgan fingerprint density at radius 1 is 0.885 bits per heavy atom. The molecular formula is C20H23N3O3. The van der Waals surface area contributed by atoms with E-state index in [1.165, 1.54) is 6.07 Å². The van der Waals surface area contributed by atoms with E-state index < -0.39 is 11.4 Å². The molecule has 0 radical (unpaired) electrons. The molecule has 1 heterocycles. The van der Waals surface area contributed by atoms with Gasteiger partial charge in [-0.1, -0.05) is 45.9 Å². The molecule has 0 aliphatic rings. The van der Waals surface area contributed by atoms with Gasteiger partial charge in [-0.2, -0.15) is 4.68 Å². The second-order valence-corrected chi connectivity index (χ2v) is 7.02. The largest absolute Gasteiger partial charge is 0.506 e. The van der Waals surface area contributed by atoms with Crippen LogP contribution in [0.5, 0.6) is 5.75 Å². The van der Waals surface area contributed by atoms with Crippen LogP contribution in [-0.4, -0.2) is 19.5 Å². The van der Waals surface area contributed by atoms with Gasteiger partial charge in [-0.3, -0.25) is 0 Å². The molecule has 6 nitrogen and oxygen atoms in total. The van der Waals surface area contributed by atoms with Gasteiger partial charge in [-0.05, 0) is 47.2 Å². The molecule has 6 heteroatoms. The Morgan fingerprint density at radius 3 is 2.04 bits per heavy atom. The number of aromatic amines is 1. The number of hydrogen-bond donors (Lipinski definition) is 2. The molecule has 3 aromatic rings. The molecule has 2 N–H and O–H groups in total. The summed E-state index contributed by atoms with van der Waals surface area (Å²) in [6.07, 6.45) is 0. The van der Waals surface area contributed by atoms with Crippen molar-refractivity contribution < 1.29 is 5.11 Å². The molecule has 0 amide bonds. The van der Waals surface area contributed by atoms with Crippen molar-refractivity contribution in [1.29, 1.82) is 0 Å². The first-order valence-corrected chi connectivity index (χ1v) is 8.67. The molecule has 0 aliphatic heterocycles. The summed E-state index contributed by atoms with van der Waals surface area (Å²) in [6, 6.07) is 12.4. The van der Waals surface area contributed by atoms with Crippen molar-refractivity contribution in [2.45, 2.75) is 39.5 Å². The number of benzene rings is 2. The van der Waals surface area contributed by atoms with Crippen LogP contribution in [-0.2, 0) is 0 Å². The predicted molar refractivity (Wildman–Crippen MR) is 102 cm³/mol. The number of nitrogens with one attached hydrogen (secondary N) is 1. The van der Waals surface area contributed by atoms with Crippen LogP contribution in [0, 0.1) is 0 Å². The number of aromatic nitrogens is 3. The lowest BCUT2D eigenvalue weighted by atomic mass is 10.0. The number of aromatic hydroxyl groups is 1. The van der Waals surface area contributed by atoms with E-state index in [-0.39, 0.29) is 17.4 Å². The highest BCUT2D eigenvalue weighted by Crippen LogP contribution is 2.25. The van der Waals surface area contributed by atoms with Gasteiger partial charge in [0.05, 0.1) is 5.69 Å². The van der Waals surface area contributed by atoms with Crippen LogP contribution >= 0.6 is 0 Å². The van der Waals surface area contributed by atoms with Crippen molar-refractivity contribution in [3.05, 3.63) is 74.6 Å². The maximum atomic E-state index is 12.8. The van der Waals surface area contributed by atoms with Gasteiger partial charge in [0.1, 0.15) is 11.4 Å². The summed E-state index contributed by atoms with van der Waals surface area (Å²) in [7, 11) is 0. The van der Waals surface area contributed by atoms with E-state index >= 15 is 0 Å². The van der Waals surface area contributed by atoms with Crippen LogP contribution in [0.1, 0.15) is 50.7 Å². The van der Waals surface area contributed by atoms with Crippen LogP contribution in [0.25, 0.3) is 11.4 Å². The second kappa shape index (κ2) is 6.71. The molecule has 0 unspecified atom stereocenters. The zero-order valence-corrected chi connectivity index (χ0v) is 15.4. The van der Waals surface area contributed by atoms with Gasteiger partial charge in [0, 0.05) is 0 Å². The zero-order chi connectivity index (χ0) is 19.0. The number of H-pyrrole nitrogens is 1. The minimum Gasteiger partial charge on any atom is -0.506 e. The van der Waals surface area contributed by atoms with E-state index in [4.69, 9.17) is 0 Å². The predicted octanol–water partition coefficient (Wildman–Crippen LogP) is 3.27. The van der Waals surface area contributed by atoms with Crippen LogP contribution < -0.4 is 11.4 Å². The lowest BCUT2D eigenvalue weighted by Gasteiger charge is -2.10. The molecule has 0 atom stereocenters. The third-order valence-corrected chi connectivity index (χ3v) is 4.52. The molecule has 26 heavy (non-hydrogen) atoms. The Labute approximate surface area is 151 Å². The molecule has 2 aromatic carbocycles. The zero-order valence-electron chi connectivity index (χ0n) is 15.4. The van der Waals surface area contributed by atoms with Crippen molar-refractivity contribution >= 4 is 0 Å². The van der Waals surface area contributed by atoms with E-state index in [1.54, 1.807) is 24.3 Å². The SMILES string of the molecule is CC(C)c1ccc(-n2c(=O)[nH]n(-c3cc(C(C)C)ccc3O)c2=O)cc1. The lowest BCUT2D eigenvalue weighted by Crippen LogP contribution is -2.26. The molecular weight excluding hydrogens is 330 g/mol. The van der Waals surface area contributed by atoms with Crippen LogP contribution in [0.4, 0.5) is 0 Å². The van der Waals surface area contributed by atoms with Gasteiger partial charge in [0.25, 0.3) is 0 Å². The van der Waals surface area contributed by atoms with Crippen LogP contribution in [0.2, 0.25) is 0 Å². The number of rotatable bonds is 4. The summed E-state index contributed by atoms with van der Waals surface area (Å²) in [5.74, 6) is 0.516. The molecule has 136 valence electrons. The van der Waals surface area contributed by atoms with Gasteiger partial charge in [0.2, 0.25) is 0 Å². The molecule has 1 aromatic heterocycles. The van der Waals surface area contributed by atoms with Gasteiger partial charge >= 0.3 is 11.4 Å². The van der Waals surface area contributed by atoms with E-state index in [2.05, 4.69) is 18.9 Å². The molecule has 0 saturated carbocycles. The third kappa shape index (κ3) is 3.10. The standard InChI is InChI=1S/C20H23N3O3/c1-12(2)14-5-8-16(9-6-14)22-19(25)21-23(20(22)26)17-11-15(13(3)4)7-10-18(17)24/h5-13,24H,1-4H3,(H,21,25). The van der Waals surface area contributed by atoms with Crippen molar-refractivity contribution in [3.8, 4) is 17.1 Å². The van der Waals surface area contributed by atoms with Crippen LogP contribution in [0.15, 0.2) is 52.1 Å². The highest BCUT2D eigenvalue weighted by Gasteiger charge is 2.16. The summed E-state index contributed by atoms with van der Waals surface area (Å²) in [4.78, 5) is 25.2. The number of hydrogen-bond acceptors (Lipinski definition) is 3. The third-order valence-electron chi connectivity index (χ3n) is 4.52. The van der Waals surface area contributed by atoms with Gasteiger partial charge in [0.15, 0.2) is 0 Å². The molecule has 3 rings (SSSR count). The summed E-state index contributed by atoms with van der Waals surface area (Å²) in [5.41, 5.74) is 1.72. The van der Waals surface area contributed by atoms with Gasteiger partial charge in [-0.15, -0.1) is 0 Å². The number of phenols is 1. The molecule has 0 aliphatic carbocycles. The minimum absolute atomic E-state index is 0.0694. The van der Waals surface area contributed by atoms with E-state index in [9.17, 15) is 14.7 Å². The first-order chi connectivity index (χ1) is 12.3. The van der Waals surface area contributed by atoms with E-state index in [0.717, 1.165) is 20.4 Å². The van der Waals surface area contributed by atoms with Gasteiger partial charge in [-0.25, -0.2) is 19.3 Å². The quantitative estimate of drug-likeness (QED) is 0.755.